The van der Waals surface area contributed by atoms with Crippen molar-refractivity contribution in [1.29, 1.82) is 0 Å². The quantitative estimate of drug-likeness (QED) is 0.624. The molecule has 0 aliphatic carbocycles. The van der Waals surface area contributed by atoms with Gasteiger partial charge in [-0.3, -0.25) is 15.1 Å². The molecule has 0 aliphatic heterocycles. The minimum Gasteiger partial charge on any atom is -0.383 e. The van der Waals surface area contributed by atoms with Crippen LogP contribution in [0.4, 0.5) is 17.3 Å². The van der Waals surface area contributed by atoms with Crippen LogP contribution in [0.15, 0.2) is 36.5 Å². The molecule has 0 radical (unpaired) electrons. The third-order valence-electron chi connectivity index (χ3n) is 2.45. The molecule has 0 fully saturated rings. The zero-order chi connectivity index (χ0) is 13.7. The molecule has 98 valence electrons. The molecule has 2 rings (SSSR count). The van der Waals surface area contributed by atoms with Gasteiger partial charge in [-0.05, 0) is 12.1 Å². The van der Waals surface area contributed by atoms with Gasteiger partial charge in [-0.1, -0.05) is 6.07 Å². The summed E-state index contributed by atoms with van der Waals surface area (Å²) in [7, 11) is 0. The molecule has 7 nitrogen and oxygen atoms in total. The van der Waals surface area contributed by atoms with Crippen molar-refractivity contribution in [3.63, 3.8) is 0 Å². The van der Waals surface area contributed by atoms with Crippen LogP contribution in [0.5, 0.6) is 0 Å². The maximum Gasteiger partial charge on any atom is 0.276 e. The smallest absolute Gasteiger partial charge is 0.276 e. The molecule has 3 N–H and O–H groups in total. The van der Waals surface area contributed by atoms with E-state index in [9.17, 15) is 10.1 Å². The second-order valence-electron chi connectivity index (χ2n) is 3.89. The van der Waals surface area contributed by atoms with Crippen LogP contribution < -0.4 is 11.1 Å². The van der Waals surface area contributed by atoms with Crippen molar-refractivity contribution >= 4 is 17.3 Å². The Labute approximate surface area is 109 Å². The lowest BCUT2D eigenvalue weighted by Gasteiger charge is -2.06. The van der Waals surface area contributed by atoms with E-state index < -0.39 is 4.92 Å². The summed E-state index contributed by atoms with van der Waals surface area (Å²) in [5.41, 5.74) is 6.37. The first-order valence-electron chi connectivity index (χ1n) is 5.71. The molecule has 0 saturated carbocycles. The summed E-state index contributed by atoms with van der Waals surface area (Å²) in [5, 5.41) is 13.7. The number of rotatable bonds is 5. The normalized spacial score (nSPS) is 10.1. The summed E-state index contributed by atoms with van der Waals surface area (Å²) in [6, 6.07) is 8.25. The van der Waals surface area contributed by atoms with Crippen molar-refractivity contribution in [2.24, 2.45) is 0 Å². The zero-order valence-corrected chi connectivity index (χ0v) is 10.1. The lowest BCUT2D eigenvalue weighted by Crippen LogP contribution is -2.08. The number of pyridine rings is 2. The van der Waals surface area contributed by atoms with Crippen LogP contribution in [0, 0.1) is 10.1 Å². The Morgan fingerprint density at radius 1 is 1.37 bits per heavy atom. The van der Waals surface area contributed by atoms with Gasteiger partial charge in [0.2, 0.25) is 0 Å². The number of nitrogen functional groups attached to an aromatic ring is 1. The molecule has 0 atom stereocenters. The average Bonchev–Trinajstić information content (AvgIpc) is 2.39. The topological polar surface area (TPSA) is 107 Å². The van der Waals surface area contributed by atoms with Gasteiger partial charge in [0, 0.05) is 24.9 Å². The zero-order valence-electron chi connectivity index (χ0n) is 10.1. The monoisotopic (exact) mass is 259 g/mol. The number of hydrogen-bond acceptors (Lipinski definition) is 6. The molecule has 19 heavy (non-hydrogen) atoms. The molecule has 0 spiro atoms. The van der Waals surface area contributed by atoms with Crippen LogP contribution in [0.1, 0.15) is 5.69 Å². The molecule has 0 unspecified atom stereocenters. The Morgan fingerprint density at radius 2 is 2.21 bits per heavy atom. The van der Waals surface area contributed by atoms with Crippen LogP contribution in [0.3, 0.4) is 0 Å². The van der Waals surface area contributed by atoms with Crippen LogP contribution in [-0.4, -0.2) is 21.4 Å². The highest BCUT2D eigenvalue weighted by molar-refractivity contribution is 5.52. The number of aromatic nitrogens is 2. The fraction of sp³-hybridized carbons (Fsp3) is 0.167. The van der Waals surface area contributed by atoms with Crippen LogP contribution in [0.25, 0.3) is 0 Å². The molecular weight excluding hydrogens is 246 g/mol. The Kier molecular flexibility index (Phi) is 3.87. The number of nitro groups is 1. The van der Waals surface area contributed by atoms with Gasteiger partial charge >= 0.3 is 0 Å². The highest BCUT2D eigenvalue weighted by atomic mass is 16.6. The van der Waals surface area contributed by atoms with E-state index in [-0.39, 0.29) is 11.5 Å². The summed E-state index contributed by atoms with van der Waals surface area (Å²) in [5.74, 6) is 0.511. The SMILES string of the molecule is Nc1cc([N+](=O)[O-])cc(NCCc2ccccn2)n1. The third kappa shape index (κ3) is 3.63. The van der Waals surface area contributed by atoms with Crippen molar-refractivity contribution in [2.45, 2.75) is 6.42 Å². The lowest BCUT2D eigenvalue weighted by atomic mass is 10.2. The van der Waals surface area contributed by atoms with E-state index in [4.69, 9.17) is 5.73 Å². The molecule has 0 aromatic carbocycles. The summed E-state index contributed by atoms with van der Waals surface area (Å²) in [6.07, 6.45) is 2.42. The van der Waals surface area contributed by atoms with Gasteiger partial charge in [-0.15, -0.1) is 0 Å². The number of nitrogens with one attached hydrogen (secondary N) is 1. The molecule has 0 bridgehead atoms. The van der Waals surface area contributed by atoms with E-state index in [0.717, 1.165) is 5.69 Å². The minimum atomic E-state index is -0.498. The fourth-order valence-corrected chi connectivity index (χ4v) is 1.60. The molecular formula is C12H13N5O2. The van der Waals surface area contributed by atoms with Crippen LogP contribution in [-0.2, 0) is 6.42 Å². The van der Waals surface area contributed by atoms with Gasteiger partial charge < -0.3 is 11.1 Å². The van der Waals surface area contributed by atoms with Gasteiger partial charge in [-0.25, -0.2) is 4.98 Å². The van der Waals surface area contributed by atoms with E-state index >= 15 is 0 Å². The van der Waals surface area contributed by atoms with Gasteiger partial charge in [0.15, 0.2) is 0 Å². The molecule has 2 aromatic heterocycles. The van der Waals surface area contributed by atoms with Gasteiger partial charge in [-0.2, -0.15) is 0 Å². The molecule has 7 heteroatoms. The second-order valence-corrected chi connectivity index (χ2v) is 3.89. The van der Waals surface area contributed by atoms with Gasteiger partial charge in [0.25, 0.3) is 5.69 Å². The Morgan fingerprint density at radius 3 is 2.89 bits per heavy atom. The van der Waals surface area contributed by atoms with Crippen molar-refractivity contribution in [3.8, 4) is 0 Å². The Balaban J connectivity index is 1.98. The first-order valence-corrected chi connectivity index (χ1v) is 5.71. The number of anilines is 2. The standard InChI is InChI=1S/C12H13N5O2/c13-11-7-10(17(18)19)8-12(16-11)15-6-4-9-3-1-2-5-14-9/h1-3,5,7-8H,4,6H2,(H3,13,15,16). The molecule has 2 heterocycles. The molecule has 0 amide bonds. The maximum atomic E-state index is 10.7. The number of nitrogens with two attached hydrogens (primary N) is 1. The van der Waals surface area contributed by atoms with Gasteiger partial charge in [0.05, 0.1) is 17.1 Å². The summed E-state index contributed by atoms with van der Waals surface area (Å²) in [6.45, 7) is 0.574. The Bertz CT molecular complexity index is 574. The average molecular weight is 259 g/mol. The van der Waals surface area contributed by atoms with Crippen LogP contribution >= 0.6 is 0 Å². The van der Waals surface area contributed by atoms with E-state index in [0.29, 0.717) is 18.8 Å². The lowest BCUT2D eigenvalue weighted by molar-refractivity contribution is -0.384. The minimum absolute atomic E-state index is 0.0761. The fourth-order valence-electron chi connectivity index (χ4n) is 1.60. The van der Waals surface area contributed by atoms with Crippen LogP contribution in [0.2, 0.25) is 0 Å². The van der Waals surface area contributed by atoms with Crippen molar-refractivity contribution in [1.82, 2.24) is 9.97 Å². The summed E-state index contributed by atoms with van der Waals surface area (Å²) >= 11 is 0. The van der Waals surface area contributed by atoms with E-state index in [1.807, 2.05) is 18.2 Å². The first-order chi connectivity index (χ1) is 9.15. The predicted octanol–water partition coefficient (Wildman–Crippen LogP) is 1.62. The largest absolute Gasteiger partial charge is 0.383 e. The number of nitrogens with zero attached hydrogens (tertiary/aromatic N) is 3. The highest BCUT2D eigenvalue weighted by Gasteiger charge is 2.09. The summed E-state index contributed by atoms with van der Waals surface area (Å²) in [4.78, 5) is 18.4. The van der Waals surface area contributed by atoms with Crippen molar-refractivity contribution in [3.05, 3.63) is 52.3 Å². The summed E-state index contributed by atoms with van der Waals surface area (Å²) < 4.78 is 0. The molecule has 0 saturated heterocycles. The molecule has 2 aromatic rings. The second kappa shape index (κ2) is 5.76. The molecule has 0 aliphatic rings. The van der Waals surface area contributed by atoms with E-state index in [1.165, 1.54) is 12.1 Å². The number of hydrogen-bond donors (Lipinski definition) is 2. The van der Waals surface area contributed by atoms with Crippen molar-refractivity contribution < 1.29 is 4.92 Å². The predicted molar refractivity (Wildman–Crippen MR) is 71.7 cm³/mol. The van der Waals surface area contributed by atoms with Crippen molar-refractivity contribution in [2.75, 3.05) is 17.6 Å². The first kappa shape index (κ1) is 12.7. The van der Waals surface area contributed by atoms with E-state index in [1.54, 1.807) is 6.20 Å². The van der Waals surface area contributed by atoms with Gasteiger partial charge in [0.1, 0.15) is 11.6 Å². The highest BCUT2D eigenvalue weighted by Crippen LogP contribution is 2.18. The Hall–Kier alpha value is -2.70. The van der Waals surface area contributed by atoms with E-state index in [2.05, 4.69) is 15.3 Å². The maximum absolute atomic E-state index is 10.7. The third-order valence-corrected chi connectivity index (χ3v) is 2.45.